The zero-order chi connectivity index (χ0) is 40.5. The molecule has 0 spiro atoms. The summed E-state index contributed by atoms with van der Waals surface area (Å²) in [6, 6.07) is 76.8. The van der Waals surface area contributed by atoms with Crippen molar-refractivity contribution in [2.24, 2.45) is 9.98 Å². The number of nitrogens with zero attached hydrogens (tertiary/aromatic N) is 2. The van der Waals surface area contributed by atoms with Gasteiger partial charge in [0, 0.05) is 16.7 Å². The first-order valence-electron chi connectivity index (χ1n) is 20.7. The lowest BCUT2D eigenvalue weighted by Crippen LogP contribution is -2.33. The number of anilines is 1. The van der Waals surface area contributed by atoms with Crippen molar-refractivity contribution in [1.29, 1.82) is 0 Å². The average molecular weight is 785 g/mol. The highest BCUT2D eigenvalue weighted by atomic mass is 16.5. The van der Waals surface area contributed by atoms with Crippen LogP contribution >= 0.6 is 0 Å². The molecule has 2 aliphatic rings. The number of para-hydroxylation sites is 2. The predicted octanol–water partition coefficient (Wildman–Crippen LogP) is 13.5. The molecule has 0 radical (unpaired) electrons. The van der Waals surface area contributed by atoms with Crippen LogP contribution in [0.4, 0.5) is 5.69 Å². The van der Waals surface area contributed by atoms with Gasteiger partial charge in [-0.05, 0) is 79.0 Å². The van der Waals surface area contributed by atoms with Crippen molar-refractivity contribution in [3.8, 4) is 50.3 Å². The Morgan fingerprint density at radius 2 is 0.885 bits per heavy atom. The molecule has 0 saturated heterocycles. The summed E-state index contributed by atoms with van der Waals surface area (Å²) in [6.07, 6.45) is -0.488. The van der Waals surface area contributed by atoms with E-state index in [9.17, 15) is 0 Å². The Bertz CT molecular complexity index is 3060. The molecule has 5 heteroatoms. The molecule has 0 amide bonds. The Labute approximate surface area is 355 Å². The molecule has 9 aromatic carbocycles. The summed E-state index contributed by atoms with van der Waals surface area (Å²) in [5.41, 5.74) is 14.5. The van der Waals surface area contributed by atoms with Crippen molar-refractivity contribution < 1.29 is 4.74 Å². The number of ether oxygens (including phenoxy) is 1. The minimum Gasteiger partial charge on any atom is -0.464 e. The summed E-state index contributed by atoms with van der Waals surface area (Å²) in [6.45, 7) is 0. The number of hydrogen-bond acceptors (Lipinski definition) is 5. The maximum absolute atomic E-state index is 6.14. The van der Waals surface area contributed by atoms with Gasteiger partial charge in [0.2, 0.25) is 0 Å². The van der Waals surface area contributed by atoms with Crippen LogP contribution in [0.15, 0.2) is 228 Å². The molecule has 11 rings (SSSR count). The monoisotopic (exact) mass is 784 g/mol. The maximum Gasteiger partial charge on any atom is 0.196 e. The van der Waals surface area contributed by atoms with Gasteiger partial charge in [0.25, 0.3) is 0 Å². The Morgan fingerprint density at radius 1 is 0.377 bits per heavy atom. The Morgan fingerprint density at radius 3 is 1.56 bits per heavy atom. The van der Waals surface area contributed by atoms with E-state index >= 15 is 0 Å². The summed E-state index contributed by atoms with van der Waals surface area (Å²) >= 11 is 0. The zero-order valence-corrected chi connectivity index (χ0v) is 33.2. The van der Waals surface area contributed by atoms with Crippen molar-refractivity contribution in [3.05, 3.63) is 241 Å². The van der Waals surface area contributed by atoms with Gasteiger partial charge in [-0.3, -0.25) is 0 Å². The Kier molecular flexibility index (Phi) is 9.24. The lowest BCUT2D eigenvalue weighted by molar-refractivity contribution is 0.260. The van der Waals surface area contributed by atoms with Crippen LogP contribution in [0.25, 0.3) is 55.3 Å². The number of hydrogen-bond donors (Lipinski definition) is 2. The molecule has 0 saturated carbocycles. The molecule has 0 aliphatic carbocycles. The van der Waals surface area contributed by atoms with E-state index in [0.717, 1.165) is 56.2 Å². The topological polar surface area (TPSA) is 58.0 Å². The van der Waals surface area contributed by atoms with Gasteiger partial charge in [0.05, 0.1) is 5.69 Å². The molecule has 9 aromatic rings. The molecule has 0 aromatic heterocycles. The second kappa shape index (κ2) is 15.6. The van der Waals surface area contributed by atoms with Gasteiger partial charge in [-0.1, -0.05) is 200 Å². The standard InChI is InChI=1S/C56H40N4O/c1-3-12-37(13-4-1)38-26-32-43(33-27-38)54-58-53(42-14-5-2-6-15-42)59-55(60-54)46-17-9-16-45(36-46)48-19-11-20-49-47(18-10-21-50(48)49)41-30-24-39(25-31-41)40-28-34-44(35-29-40)56-57-51-22-7-8-23-52(51)61-56/h1-36,54,56-57H,(H,58,59,60). The smallest absolute Gasteiger partial charge is 0.196 e. The second-order valence-corrected chi connectivity index (χ2v) is 15.4. The van der Waals surface area contributed by atoms with Crippen molar-refractivity contribution in [1.82, 2.24) is 5.32 Å². The van der Waals surface area contributed by atoms with E-state index < -0.39 is 0 Å². The van der Waals surface area contributed by atoms with Crippen LogP contribution in [0, 0.1) is 0 Å². The summed E-state index contributed by atoms with van der Waals surface area (Å²) in [5.74, 6) is 2.38. The van der Waals surface area contributed by atoms with Gasteiger partial charge in [0.15, 0.2) is 12.1 Å². The van der Waals surface area contributed by atoms with Gasteiger partial charge in [-0.15, -0.1) is 0 Å². The van der Waals surface area contributed by atoms with Crippen LogP contribution in [-0.4, -0.2) is 11.7 Å². The maximum atomic E-state index is 6.14. The third-order valence-electron chi connectivity index (χ3n) is 11.6. The van der Waals surface area contributed by atoms with Crippen molar-refractivity contribution in [3.63, 3.8) is 0 Å². The molecule has 2 aliphatic heterocycles. The quantitative estimate of drug-likeness (QED) is 0.161. The molecule has 2 N–H and O–H groups in total. The number of fused-ring (bicyclic) bond motifs is 2. The van der Waals surface area contributed by atoms with E-state index in [1.165, 1.54) is 38.6 Å². The first-order chi connectivity index (χ1) is 30.2. The number of benzene rings is 9. The predicted molar refractivity (Wildman–Crippen MR) is 251 cm³/mol. The minimum absolute atomic E-state index is 0.187. The lowest BCUT2D eigenvalue weighted by atomic mass is 9.91. The zero-order valence-electron chi connectivity index (χ0n) is 33.2. The van der Waals surface area contributed by atoms with Gasteiger partial charge in [-0.2, -0.15) is 0 Å². The largest absolute Gasteiger partial charge is 0.464 e. The fraction of sp³-hybridized carbons (Fsp3) is 0.0357. The van der Waals surface area contributed by atoms with Crippen LogP contribution in [0.1, 0.15) is 34.6 Å². The molecule has 290 valence electrons. The van der Waals surface area contributed by atoms with E-state index in [0.29, 0.717) is 5.84 Å². The highest BCUT2D eigenvalue weighted by Gasteiger charge is 2.24. The molecule has 0 fully saturated rings. The second-order valence-electron chi connectivity index (χ2n) is 15.4. The molecular weight excluding hydrogens is 745 g/mol. The number of aliphatic imine (C=N–C) groups is 2. The van der Waals surface area contributed by atoms with Crippen molar-refractivity contribution in [2.75, 3.05) is 5.32 Å². The lowest BCUT2D eigenvalue weighted by Gasteiger charge is -2.24. The average Bonchev–Trinajstić information content (AvgIpc) is 3.79. The van der Waals surface area contributed by atoms with Gasteiger partial charge in [-0.25, -0.2) is 9.98 Å². The van der Waals surface area contributed by atoms with Gasteiger partial charge in [0.1, 0.15) is 17.8 Å². The van der Waals surface area contributed by atoms with Crippen molar-refractivity contribution >= 4 is 28.1 Å². The Balaban J connectivity index is 0.884. The van der Waals surface area contributed by atoms with E-state index in [1.807, 2.05) is 48.5 Å². The van der Waals surface area contributed by atoms with Crippen LogP contribution in [0.5, 0.6) is 5.75 Å². The summed E-state index contributed by atoms with van der Waals surface area (Å²) in [7, 11) is 0. The molecular formula is C56H40N4O. The molecule has 2 atom stereocenters. The summed E-state index contributed by atoms with van der Waals surface area (Å²) < 4.78 is 6.14. The van der Waals surface area contributed by atoms with E-state index in [-0.39, 0.29) is 12.4 Å². The third-order valence-corrected chi connectivity index (χ3v) is 11.6. The van der Waals surface area contributed by atoms with Crippen LogP contribution in [0.2, 0.25) is 0 Å². The van der Waals surface area contributed by atoms with Crippen molar-refractivity contribution in [2.45, 2.75) is 12.4 Å². The highest BCUT2D eigenvalue weighted by molar-refractivity contribution is 6.13. The Hall–Kier alpha value is -8.02. The molecule has 0 bridgehead atoms. The van der Waals surface area contributed by atoms with Crippen LogP contribution in [-0.2, 0) is 0 Å². The minimum atomic E-state index is -0.302. The van der Waals surface area contributed by atoms with E-state index in [1.54, 1.807) is 0 Å². The molecule has 2 heterocycles. The molecule has 61 heavy (non-hydrogen) atoms. The van der Waals surface area contributed by atoms with E-state index in [4.69, 9.17) is 14.7 Å². The normalized spacial score (nSPS) is 15.5. The summed E-state index contributed by atoms with van der Waals surface area (Å²) in [5, 5.41) is 9.49. The third kappa shape index (κ3) is 7.13. The first-order valence-corrected chi connectivity index (χ1v) is 20.7. The first kappa shape index (κ1) is 36.1. The molecule has 5 nitrogen and oxygen atoms in total. The number of rotatable bonds is 8. The fourth-order valence-electron chi connectivity index (χ4n) is 8.45. The molecule has 2 unspecified atom stereocenters. The van der Waals surface area contributed by atoms with Gasteiger partial charge >= 0.3 is 0 Å². The van der Waals surface area contributed by atoms with Crippen LogP contribution < -0.4 is 15.4 Å². The highest BCUT2D eigenvalue weighted by Crippen LogP contribution is 2.39. The number of amidine groups is 2. The SMILES string of the molecule is c1ccc(C2=NC(c3cccc(-c4cccc5c(-c6ccc(-c7ccc(C8Nc9ccccc9O8)cc7)cc6)cccc45)c3)=NC(c3ccc(-c4ccccc4)cc3)N2)cc1. The van der Waals surface area contributed by atoms with Crippen LogP contribution in [0.3, 0.4) is 0 Å². The van der Waals surface area contributed by atoms with E-state index in [2.05, 4.69) is 180 Å². The number of nitrogens with one attached hydrogen (secondary N) is 2. The fourth-order valence-corrected chi connectivity index (χ4v) is 8.45. The summed E-state index contributed by atoms with van der Waals surface area (Å²) in [4.78, 5) is 10.3. The van der Waals surface area contributed by atoms with Gasteiger partial charge < -0.3 is 15.4 Å².